The van der Waals surface area contributed by atoms with E-state index in [0.717, 1.165) is 54.4 Å². The molecule has 2 aliphatic rings. The zero-order valence-electron chi connectivity index (χ0n) is 19.8. The molecule has 0 bridgehead atoms. The summed E-state index contributed by atoms with van der Waals surface area (Å²) in [5.74, 6) is -0.158. The van der Waals surface area contributed by atoms with Gasteiger partial charge in [-0.2, -0.15) is 0 Å². The minimum absolute atomic E-state index is 0.0548. The summed E-state index contributed by atoms with van der Waals surface area (Å²) in [6, 6.07) is 12.5. The third-order valence-electron chi connectivity index (χ3n) is 7.40. The Balaban J connectivity index is 1.59. The maximum Gasteiger partial charge on any atom is 0.275 e. The molecule has 0 saturated heterocycles. The molecular formula is C27H33N3O2S. The molecule has 1 aliphatic carbocycles. The molecule has 0 radical (unpaired) electrons. The van der Waals surface area contributed by atoms with Gasteiger partial charge in [-0.15, -0.1) is 11.3 Å². The number of nitrogens with zero attached hydrogens (tertiary/aromatic N) is 2. The average Bonchev–Trinajstić information content (AvgIpc) is 3.39. The summed E-state index contributed by atoms with van der Waals surface area (Å²) in [6.45, 7) is 6.65. The summed E-state index contributed by atoms with van der Waals surface area (Å²) in [7, 11) is 0. The van der Waals surface area contributed by atoms with E-state index in [0.29, 0.717) is 12.2 Å². The molecule has 33 heavy (non-hydrogen) atoms. The molecule has 0 spiro atoms. The van der Waals surface area contributed by atoms with E-state index >= 15 is 0 Å². The lowest BCUT2D eigenvalue weighted by Crippen LogP contribution is -2.65. The molecule has 0 unspecified atom stereocenters. The Morgan fingerprint density at radius 3 is 2.48 bits per heavy atom. The van der Waals surface area contributed by atoms with Crippen LogP contribution in [0.2, 0.25) is 0 Å². The summed E-state index contributed by atoms with van der Waals surface area (Å²) < 4.78 is 3.19. The molecule has 1 saturated carbocycles. The fourth-order valence-corrected chi connectivity index (χ4v) is 6.42. The quantitative estimate of drug-likeness (QED) is 0.528. The van der Waals surface area contributed by atoms with E-state index in [2.05, 4.69) is 41.9 Å². The first-order valence-corrected chi connectivity index (χ1v) is 13.1. The van der Waals surface area contributed by atoms with E-state index in [1.54, 1.807) is 16.2 Å². The molecule has 1 fully saturated rings. The second kappa shape index (κ2) is 8.64. The van der Waals surface area contributed by atoms with Gasteiger partial charge in [-0.25, -0.2) is 0 Å². The van der Waals surface area contributed by atoms with Crippen molar-refractivity contribution >= 4 is 39.1 Å². The Morgan fingerprint density at radius 1 is 1.09 bits per heavy atom. The van der Waals surface area contributed by atoms with Crippen molar-refractivity contribution in [2.75, 3.05) is 4.90 Å². The zero-order chi connectivity index (χ0) is 23.2. The summed E-state index contributed by atoms with van der Waals surface area (Å²) in [5.41, 5.74) is 2.73. The van der Waals surface area contributed by atoms with Crippen LogP contribution in [-0.2, 0) is 24.2 Å². The Labute approximate surface area is 199 Å². The summed E-state index contributed by atoms with van der Waals surface area (Å²) in [5, 5.41) is 3.32. The average molecular weight is 464 g/mol. The van der Waals surface area contributed by atoms with Crippen molar-refractivity contribution < 1.29 is 9.59 Å². The highest BCUT2D eigenvalue weighted by molar-refractivity contribution is 7.19. The first-order valence-electron chi connectivity index (χ1n) is 12.3. The van der Waals surface area contributed by atoms with Crippen molar-refractivity contribution in [3.8, 4) is 0 Å². The fourth-order valence-electron chi connectivity index (χ4n) is 5.38. The van der Waals surface area contributed by atoms with Crippen LogP contribution in [0.3, 0.4) is 0 Å². The van der Waals surface area contributed by atoms with E-state index in [-0.39, 0.29) is 17.9 Å². The molecule has 3 aromatic rings. The van der Waals surface area contributed by atoms with Crippen LogP contribution >= 0.6 is 11.3 Å². The van der Waals surface area contributed by atoms with Crippen LogP contribution < -0.4 is 10.2 Å². The summed E-state index contributed by atoms with van der Waals surface area (Å²) in [6.07, 6.45) is 7.49. The number of carbonyl (C=O) groups excluding carboxylic acids is 2. The number of amides is 2. The van der Waals surface area contributed by atoms with Crippen molar-refractivity contribution in [1.29, 1.82) is 0 Å². The monoisotopic (exact) mass is 463 g/mol. The maximum atomic E-state index is 13.9. The van der Waals surface area contributed by atoms with E-state index < -0.39 is 5.54 Å². The minimum atomic E-state index is -1.00. The van der Waals surface area contributed by atoms with Crippen LogP contribution in [0.4, 0.5) is 5.69 Å². The van der Waals surface area contributed by atoms with E-state index in [1.165, 1.54) is 16.9 Å². The van der Waals surface area contributed by atoms with Gasteiger partial charge >= 0.3 is 0 Å². The van der Waals surface area contributed by atoms with E-state index in [1.807, 2.05) is 25.1 Å². The Hall–Kier alpha value is -2.60. The maximum absolute atomic E-state index is 13.9. The molecule has 1 aliphatic heterocycles. The third-order valence-corrected chi connectivity index (χ3v) is 8.62. The lowest BCUT2D eigenvalue weighted by Gasteiger charge is -2.44. The molecule has 5 rings (SSSR count). The Bertz CT molecular complexity index is 1190. The number of hydrogen-bond donors (Lipinski definition) is 1. The van der Waals surface area contributed by atoms with Crippen LogP contribution in [0, 0.1) is 0 Å². The number of hydrogen-bond acceptors (Lipinski definition) is 3. The highest BCUT2D eigenvalue weighted by atomic mass is 32.1. The van der Waals surface area contributed by atoms with Crippen molar-refractivity contribution in [3.05, 3.63) is 52.5 Å². The molecule has 3 heterocycles. The Kier molecular flexibility index (Phi) is 5.81. The van der Waals surface area contributed by atoms with Gasteiger partial charge in [0.2, 0.25) is 5.91 Å². The fraction of sp³-hybridized carbons (Fsp3) is 0.481. The van der Waals surface area contributed by atoms with Gasteiger partial charge in [-0.1, -0.05) is 45.2 Å². The van der Waals surface area contributed by atoms with E-state index in [4.69, 9.17) is 0 Å². The van der Waals surface area contributed by atoms with Gasteiger partial charge in [-0.3, -0.25) is 14.5 Å². The van der Waals surface area contributed by atoms with Gasteiger partial charge in [0, 0.05) is 16.6 Å². The zero-order valence-corrected chi connectivity index (χ0v) is 20.6. The summed E-state index contributed by atoms with van der Waals surface area (Å²) >= 11 is 1.74. The summed E-state index contributed by atoms with van der Waals surface area (Å²) in [4.78, 5) is 30.8. The lowest BCUT2D eigenvalue weighted by molar-refractivity contribution is -0.127. The molecule has 6 heteroatoms. The molecule has 174 valence electrons. The first kappa shape index (κ1) is 22.2. The number of aryl methyl sites for hydroxylation is 2. The number of aromatic nitrogens is 1. The topological polar surface area (TPSA) is 54.3 Å². The smallest absolute Gasteiger partial charge is 0.275 e. The normalized spacial score (nSPS) is 21.4. The number of fused-ring (bicyclic) bond motifs is 3. The second-order valence-electron chi connectivity index (χ2n) is 9.67. The molecular weight excluding hydrogens is 430 g/mol. The molecule has 1 aromatic carbocycles. The van der Waals surface area contributed by atoms with Crippen LogP contribution in [0.15, 0.2) is 36.4 Å². The van der Waals surface area contributed by atoms with Gasteiger partial charge in [0.15, 0.2) is 0 Å². The molecule has 2 aromatic heterocycles. The first-order chi connectivity index (χ1) is 15.9. The van der Waals surface area contributed by atoms with Crippen molar-refractivity contribution in [2.45, 2.75) is 83.8 Å². The third kappa shape index (κ3) is 3.78. The number of benzene rings is 1. The number of thiophene rings is 1. The van der Waals surface area contributed by atoms with Gasteiger partial charge in [0.05, 0.1) is 16.8 Å². The van der Waals surface area contributed by atoms with Crippen molar-refractivity contribution in [3.63, 3.8) is 0 Å². The highest BCUT2D eigenvalue weighted by Crippen LogP contribution is 2.38. The SMILES string of the molecule is CCc1ccc(N2C(=O)c3cc4sc(CC)cc4n3C[C@@]2(C)C(=O)NC2CCCCC2)cc1. The van der Waals surface area contributed by atoms with Crippen LogP contribution in [0.1, 0.15) is 73.8 Å². The Morgan fingerprint density at radius 2 is 1.82 bits per heavy atom. The van der Waals surface area contributed by atoms with Gasteiger partial charge in [0.1, 0.15) is 11.2 Å². The molecule has 2 amide bonds. The van der Waals surface area contributed by atoms with Crippen molar-refractivity contribution in [2.24, 2.45) is 0 Å². The van der Waals surface area contributed by atoms with Crippen molar-refractivity contribution in [1.82, 2.24) is 9.88 Å². The van der Waals surface area contributed by atoms with Crippen LogP contribution in [0.25, 0.3) is 10.2 Å². The van der Waals surface area contributed by atoms with Crippen LogP contribution in [-0.4, -0.2) is 28.0 Å². The highest BCUT2D eigenvalue weighted by Gasteiger charge is 2.49. The molecule has 1 atom stereocenters. The number of rotatable bonds is 5. The van der Waals surface area contributed by atoms with Gasteiger partial charge < -0.3 is 9.88 Å². The number of anilines is 1. The largest absolute Gasteiger partial charge is 0.351 e. The predicted octanol–water partition coefficient (Wildman–Crippen LogP) is 5.70. The van der Waals surface area contributed by atoms with E-state index in [9.17, 15) is 9.59 Å². The van der Waals surface area contributed by atoms with Gasteiger partial charge in [-0.05, 0) is 62.4 Å². The standard InChI is InChI=1S/C27H33N3O2S/c1-4-18-11-13-20(14-12-18)30-25(31)23-16-24-22(15-21(5-2)33-24)29(23)17-27(30,3)26(32)28-19-9-7-6-8-10-19/h11-16,19H,4-10,17H2,1-3H3,(H,28,32)/t27-/m0/s1. The second-order valence-corrected chi connectivity index (χ2v) is 10.8. The molecule has 1 N–H and O–H groups in total. The van der Waals surface area contributed by atoms with Gasteiger partial charge in [0.25, 0.3) is 5.91 Å². The lowest BCUT2D eigenvalue weighted by atomic mass is 9.91. The predicted molar refractivity (Wildman–Crippen MR) is 135 cm³/mol. The number of carbonyl (C=O) groups is 2. The molecule has 5 nitrogen and oxygen atoms in total. The minimum Gasteiger partial charge on any atom is -0.351 e. The van der Waals surface area contributed by atoms with Crippen LogP contribution in [0.5, 0.6) is 0 Å². The number of nitrogens with one attached hydrogen (secondary N) is 1.